The van der Waals surface area contributed by atoms with Gasteiger partial charge >= 0.3 is 12.6 Å². The van der Waals surface area contributed by atoms with Crippen LogP contribution in [0.15, 0.2) is 12.1 Å². The van der Waals surface area contributed by atoms with E-state index in [-0.39, 0.29) is 6.61 Å². The Morgan fingerprint density at radius 1 is 1.35 bits per heavy atom. The molecular weight excluding hydrogens is 244 g/mol. The van der Waals surface area contributed by atoms with Crippen molar-refractivity contribution in [3.8, 4) is 5.75 Å². The third-order valence-corrected chi connectivity index (χ3v) is 1.75. The molecule has 1 aromatic carbocycles. The Morgan fingerprint density at radius 2 is 2.00 bits per heavy atom. The third kappa shape index (κ3) is 3.08. The second-order valence-corrected chi connectivity index (χ2v) is 2.83. The summed E-state index contributed by atoms with van der Waals surface area (Å²) in [5.74, 6) is -4.90. The number of carbonyl (C=O) groups is 1. The molecule has 0 heterocycles. The fourth-order valence-corrected chi connectivity index (χ4v) is 1.11. The van der Waals surface area contributed by atoms with Gasteiger partial charge in [0.1, 0.15) is 11.4 Å². The first-order valence-corrected chi connectivity index (χ1v) is 4.57. The quantitative estimate of drug-likeness (QED) is 0.610. The van der Waals surface area contributed by atoms with E-state index in [9.17, 15) is 22.4 Å². The zero-order valence-electron chi connectivity index (χ0n) is 8.68. The molecule has 0 aliphatic heterocycles. The van der Waals surface area contributed by atoms with Crippen molar-refractivity contribution >= 4 is 5.97 Å². The second kappa shape index (κ2) is 5.51. The molecule has 0 unspecified atom stereocenters. The van der Waals surface area contributed by atoms with Gasteiger partial charge in [0.05, 0.1) is 6.61 Å². The molecule has 7 heteroatoms. The zero-order valence-corrected chi connectivity index (χ0v) is 8.68. The van der Waals surface area contributed by atoms with E-state index in [2.05, 4.69) is 9.47 Å². The lowest BCUT2D eigenvalue weighted by atomic mass is 10.2. The Morgan fingerprint density at radius 3 is 2.53 bits per heavy atom. The summed E-state index contributed by atoms with van der Waals surface area (Å²) >= 11 is 0. The van der Waals surface area contributed by atoms with Crippen LogP contribution in [0.25, 0.3) is 0 Å². The van der Waals surface area contributed by atoms with Gasteiger partial charge in [0, 0.05) is 0 Å². The number of benzene rings is 1. The molecule has 17 heavy (non-hydrogen) atoms. The van der Waals surface area contributed by atoms with E-state index in [0.29, 0.717) is 12.1 Å². The van der Waals surface area contributed by atoms with E-state index in [1.54, 1.807) is 0 Å². The first-order valence-electron chi connectivity index (χ1n) is 4.57. The lowest BCUT2D eigenvalue weighted by molar-refractivity contribution is -0.0524. The van der Waals surface area contributed by atoms with Crippen LogP contribution in [0.3, 0.4) is 0 Å². The van der Waals surface area contributed by atoms with Crippen molar-refractivity contribution in [3.63, 3.8) is 0 Å². The van der Waals surface area contributed by atoms with Gasteiger partial charge in [-0.15, -0.1) is 0 Å². The van der Waals surface area contributed by atoms with Crippen LogP contribution in [0.1, 0.15) is 17.3 Å². The number of ether oxygens (including phenoxy) is 2. The molecule has 0 saturated heterocycles. The van der Waals surface area contributed by atoms with Crippen LogP contribution in [0.4, 0.5) is 17.6 Å². The molecule has 3 nitrogen and oxygen atoms in total. The number of halogens is 4. The summed E-state index contributed by atoms with van der Waals surface area (Å²) in [6.07, 6.45) is 0. The van der Waals surface area contributed by atoms with Crippen molar-refractivity contribution in [2.45, 2.75) is 13.5 Å². The summed E-state index contributed by atoms with van der Waals surface area (Å²) in [7, 11) is 0. The molecule has 0 amide bonds. The van der Waals surface area contributed by atoms with E-state index in [1.165, 1.54) is 6.92 Å². The Balaban J connectivity index is 3.15. The monoisotopic (exact) mass is 252 g/mol. The molecule has 0 bridgehead atoms. The van der Waals surface area contributed by atoms with Crippen molar-refractivity contribution in [2.24, 2.45) is 0 Å². The molecule has 0 aromatic heterocycles. The normalized spacial score (nSPS) is 10.5. The van der Waals surface area contributed by atoms with Crippen LogP contribution in [0, 0.1) is 11.6 Å². The highest BCUT2D eigenvalue weighted by molar-refractivity contribution is 5.90. The summed E-state index contributed by atoms with van der Waals surface area (Å²) in [5.41, 5.74) is -1.05. The molecule has 0 atom stereocenters. The van der Waals surface area contributed by atoms with Crippen molar-refractivity contribution < 1.29 is 31.8 Å². The standard InChI is InChI=1S/C10H8F4O3/c1-2-16-9(15)7-5(11)3-4-6(8(7)12)17-10(13)14/h3-4,10H,2H2,1H3. The SMILES string of the molecule is CCOC(=O)c1c(F)ccc(OC(F)F)c1F. The van der Waals surface area contributed by atoms with Gasteiger partial charge in [-0.3, -0.25) is 0 Å². The predicted octanol–water partition coefficient (Wildman–Crippen LogP) is 2.74. The topological polar surface area (TPSA) is 35.5 Å². The minimum absolute atomic E-state index is 0.0996. The first-order chi connectivity index (χ1) is 7.97. The molecule has 0 fully saturated rings. The maximum Gasteiger partial charge on any atom is 0.387 e. The van der Waals surface area contributed by atoms with Gasteiger partial charge in [-0.25, -0.2) is 13.6 Å². The molecule has 94 valence electrons. The molecule has 0 N–H and O–H groups in total. The number of hydrogen-bond acceptors (Lipinski definition) is 3. The molecule has 1 rings (SSSR count). The van der Waals surface area contributed by atoms with Gasteiger partial charge < -0.3 is 9.47 Å². The fourth-order valence-electron chi connectivity index (χ4n) is 1.11. The van der Waals surface area contributed by atoms with Gasteiger partial charge in [-0.2, -0.15) is 8.78 Å². The van der Waals surface area contributed by atoms with E-state index in [1.807, 2.05) is 0 Å². The van der Waals surface area contributed by atoms with Crippen LogP contribution in [0.5, 0.6) is 5.75 Å². The molecule has 0 spiro atoms. The first kappa shape index (κ1) is 13.3. The minimum atomic E-state index is -3.27. The maximum atomic E-state index is 13.5. The molecule has 0 aliphatic carbocycles. The Bertz CT molecular complexity index is 420. The molecule has 0 aliphatic rings. The van der Waals surface area contributed by atoms with Crippen molar-refractivity contribution in [3.05, 3.63) is 29.3 Å². The molecular formula is C10H8F4O3. The average molecular weight is 252 g/mol. The van der Waals surface area contributed by atoms with Gasteiger partial charge in [0.2, 0.25) is 0 Å². The van der Waals surface area contributed by atoms with E-state index in [0.717, 1.165) is 0 Å². The van der Waals surface area contributed by atoms with E-state index < -0.39 is 35.5 Å². The average Bonchev–Trinajstić information content (AvgIpc) is 2.22. The zero-order chi connectivity index (χ0) is 13.0. The number of esters is 1. The van der Waals surface area contributed by atoms with Crippen LogP contribution in [-0.4, -0.2) is 19.2 Å². The smallest absolute Gasteiger partial charge is 0.387 e. The van der Waals surface area contributed by atoms with Gasteiger partial charge in [0.15, 0.2) is 11.6 Å². The van der Waals surface area contributed by atoms with Crippen LogP contribution in [-0.2, 0) is 4.74 Å². The molecule has 1 aromatic rings. The summed E-state index contributed by atoms with van der Waals surface area (Å²) < 4.78 is 58.6. The van der Waals surface area contributed by atoms with Crippen molar-refractivity contribution in [2.75, 3.05) is 6.61 Å². The lowest BCUT2D eigenvalue weighted by Gasteiger charge is -2.09. The Labute approximate surface area is 93.9 Å². The number of carbonyl (C=O) groups excluding carboxylic acids is 1. The van der Waals surface area contributed by atoms with Crippen LogP contribution >= 0.6 is 0 Å². The largest absolute Gasteiger partial charge is 0.462 e. The summed E-state index contributed by atoms with van der Waals surface area (Å²) in [6.45, 7) is -1.93. The summed E-state index contributed by atoms with van der Waals surface area (Å²) in [6, 6.07) is 1.31. The van der Waals surface area contributed by atoms with Crippen molar-refractivity contribution in [1.29, 1.82) is 0 Å². The van der Waals surface area contributed by atoms with E-state index in [4.69, 9.17) is 0 Å². The highest BCUT2D eigenvalue weighted by Crippen LogP contribution is 2.25. The lowest BCUT2D eigenvalue weighted by Crippen LogP contribution is -2.12. The van der Waals surface area contributed by atoms with Gasteiger partial charge in [0.25, 0.3) is 0 Å². The highest BCUT2D eigenvalue weighted by atomic mass is 19.3. The number of hydrogen-bond donors (Lipinski definition) is 0. The predicted molar refractivity (Wildman–Crippen MR) is 48.9 cm³/mol. The number of rotatable bonds is 4. The maximum absolute atomic E-state index is 13.5. The van der Waals surface area contributed by atoms with Crippen LogP contribution in [0.2, 0.25) is 0 Å². The van der Waals surface area contributed by atoms with Crippen LogP contribution < -0.4 is 4.74 Å². The number of alkyl halides is 2. The van der Waals surface area contributed by atoms with E-state index >= 15 is 0 Å². The van der Waals surface area contributed by atoms with Gasteiger partial charge in [-0.05, 0) is 19.1 Å². The summed E-state index contributed by atoms with van der Waals surface area (Å²) in [4.78, 5) is 11.2. The highest BCUT2D eigenvalue weighted by Gasteiger charge is 2.23. The minimum Gasteiger partial charge on any atom is -0.462 e. The van der Waals surface area contributed by atoms with Gasteiger partial charge in [-0.1, -0.05) is 0 Å². The Kier molecular flexibility index (Phi) is 4.30. The summed E-state index contributed by atoms with van der Waals surface area (Å²) in [5, 5.41) is 0. The second-order valence-electron chi connectivity index (χ2n) is 2.83. The third-order valence-electron chi connectivity index (χ3n) is 1.75. The molecule has 0 saturated carbocycles. The molecule has 0 radical (unpaired) electrons. The Hall–Kier alpha value is -1.79. The van der Waals surface area contributed by atoms with Crippen molar-refractivity contribution in [1.82, 2.24) is 0 Å². The fraction of sp³-hybridized carbons (Fsp3) is 0.300.